The van der Waals surface area contributed by atoms with E-state index in [0.717, 1.165) is 6.42 Å². The second-order valence-corrected chi connectivity index (χ2v) is 5.25. The molecule has 0 bridgehead atoms. The zero-order valence-corrected chi connectivity index (χ0v) is 10.8. The molecule has 0 aliphatic carbocycles. The van der Waals surface area contributed by atoms with Gasteiger partial charge in [0.05, 0.1) is 12.2 Å². The first-order valence-electron chi connectivity index (χ1n) is 6.05. The molecule has 1 aliphatic heterocycles. The van der Waals surface area contributed by atoms with Crippen LogP contribution in [0.1, 0.15) is 34.1 Å². The van der Waals surface area contributed by atoms with Crippen molar-refractivity contribution in [2.75, 3.05) is 19.6 Å². The SMILES string of the molecule is CCC(C)(C)C(=O)N1CC(C)OC(CN)C1. The summed E-state index contributed by atoms with van der Waals surface area (Å²) in [6.07, 6.45) is 0.921. The van der Waals surface area contributed by atoms with Gasteiger partial charge >= 0.3 is 0 Å². The molecular formula is C12H24N2O2. The average molecular weight is 228 g/mol. The Kier molecular flexibility index (Phi) is 4.33. The van der Waals surface area contributed by atoms with Gasteiger partial charge in [-0.2, -0.15) is 0 Å². The van der Waals surface area contributed by atoms with Gasteiger partial charge in [0.2, 0.25) is 5.91 Å². The Morgan fingerprint density at radius 2 is 2.12 bits per heavy atom. The maximum absolute atomic E-state index is 12.3. The number of carbonyl (C=O) groups excluding carboxylic acids is 1. The first-order valence-corrected chi connectivity index (χ1v) is 6.05. The van der Waals surface area contributed by atoms with Crippen LogP contribution >= 0.6 is 0 Å². The fourth-order valence-corrected chi connectivity index (χ4v) is 1.92. The largest absolute Gasteiger partial charge is 0.370 e. The number of rotatable bonds is 3. The highest BCUT2D eigenvalue weighted by Crippen LogP contribution is 2.25. The van der Waals surface area contributed by atoms with E-state index >= 15 is 0 Å². The number of nitrogens with zero attached hydrogens (tertiary/aromatic N) is 1. The summed E-state index contributed by atoms with van der Waals surface area (Å²) in [6, 6.07) is 0. The van der Waals surface area contributed by atoms with Gasteiger partial charge in [0.15, 0.2) is 0 Å². The van der Waals surface area contributed by atoms with E-state index in [2.05, 4.69) is 0 Å². The lowest BCUT2D eigenvalue weighted by molar-refractivity contribution is -0.152. The normalized spacial score (nSPS) is 26.9. The summed E-state index contributed by atoms with van der Waals surface area (Å²) in [7, 11) is 0. The molecular weight excluding hydrogens is 204 g/mol. The Bertz CT molecular complexity index is 253. The van der Waals surface area contributed by atoms with Crippen molar-refractivity contribution in [2.45, 2.75) is 46.3 Å². The number of amides is 1. The molecule has 4 nitrogen and oxygen atoms in total. The minimum absolute atomic E-state index is 0.0136. The smallest absolute Gasteiger partial charge is 0.228 e. The Hall–Kier alpha value is -0.610. The van der Waals surface area contributed by atoms with Crippen LogP contribution in [-0.4, -0.2) is 42.6 Å². The fraction of sp³-hybridized carbons (Fsp3) is 0.917. The molecule has 1 heterocycles. The van der Waals surface area contributed by atoms with Gasteiger partial charge in [0.1, 0.15) is 0 Å². The van der Waals surface area contributed by atoms with E-state index in [1.54, 1.807) is 0 Å². The Balaban J connectivity index is 2.69. The summed E-state index contributed by atoms with van der Waals surface area (Å²) in [5.41, 5.74) is 5.32. The molecule has 1 fully saturated rings. The minimum atomic E-state index is -0.282. The van der Waals surface area contributed by atoms with Crippen molar-refractivity contribution in [1.29, 1.82) is 0 Å². The molecule has 94 valence electrons. The predicted molar refractivity (Wildman–Crippen MR) is 64.0 cm³/mol. The van der Waals surface area contributed by atoms with Gasteiger partial charge in [-0.3, -0.25) is 4.79 Å². The van der Waals surface area contributed by atoms with Gasteiger partial charge in [0, 0.05) is 25.0 Å². The zero-order chi connectivity index (χ0) is 12.3. The molecule has 4 heteroatoms. The topological polar surface area (TPSA) is 55.6 Å². The second-order valence-electron chi connectivity index (χ2n) is 5.25. The van der Waals surface area contributed by atoms with Crippen LogP contribution in [0.5, 0.6) is 0 Å². The standard InChI is InChI=1S/C12H24N2O2/c1-5-12(3,4)11(15)14-7-9(2)16-10(6-13)8-14/h9-10H,5-8,13H2,1-4H3. The first kappa shape index (κ1) is 13.5. The van der Waals surface area contributed by atoms with Gasteiger partial charge in [-0.15, -0.1) is 0 Å². The molecule has 1 rings (SSSR count). The van der Waals surface area contributed by atoms with E-state index in [1.807, 2.05) is 32.6 Å². The number of hydrogen-bond acceptors (Lipinski definition) is 3. The molecule has 16 heavy (non-hydrogen) atoms. The van der Waals surface area contributed by atoms with Crippen LogP contribution in [-0.2, 0) is 9.53 Å². The average Bonchev–Trinajstić information content (AvgIpc) is 2.27. The maximum atomic E-state index is 12.3. The van der Waals surface area contributed by atoms with E-state index in [4.69, 9.17) is 10.5 Å². The molecule has 0 aromatic heterocycles. The third-order valence-electron chi connectivity index (χ3n) is 3.34. The van der Waals surface area contributed by atoms with E-state index in [1.165, 1.54) is 0 Å². The Labute approximate surface area is 98.1 Å². The molecule has 2 N–H and O–H groups in total. The molecule has 1 saturated heterocycles. The second kappa shape index (κ2) is 5.15. The van der Waals surface area contributed by atoms with Gasteiger partial charge < -0.3 is 15.4 Å². The van der Waals surface area contributed by atoms with Crippen molar-refractivity contribution in [1.82, 2.24) is 4.90 Å². The molecule has 0 radical (unpaired) electrons. The van der Waals surface area contributed by atoms with Gasteiger partial charge in [-0.25, -0.2) is 0 Å². The summed E-state index contributed by atoms with van der Waals surface area (Å²) in [6.45, 7) is 9.80. The molecule has 0 spiro atoms. The van der Waals surface area contributed by atoms with E-state index < -0.39 is 0 Å². The molecule has 0 saturated carbocycles. The summed E-state index contributed by atoms with van der Waals surface area (Å²) in [5.74, 6) is 0.212. The highest BCUT2D eigenvalue weighted by atomic mass is 16.5. The number of ether oxygens (including phenoxy) is 1. The summed E-state index contributed by atoms with van der Waals surface area (Å²) >= 11 is 0. The fourth-order valence-electron chi connectivity index (χ4n) is 1.92. The number of carbonyl (C=O) groups is 1. The van der Waals surface area contributed by atoms with Gasteiger partial charge in [-0.1, -0.05) is 20.8 Å². The lowest BCUT2D eigenvalue weighted by Crippen LogP contribution is -2.54. The number of hydrogen-bond donors (Lipinski definition) is 1. The lowest BCUT2D eigenvalue weighted by Gasteiger charge is -2.39. The summed E-state index contributed by atoms with van der Waals surface area (Å²) in [5, 5.41) is 0. The third-order valence-corrected chi connectivity index (χ3v) is 3.34. The monoisotopic (exact) mass is 228 g/mol. The van der Waals surface area contributed by atoms with Crippen LogP contribution in [0.4, 0.5) is 0 Å². The van der Waals surface area contributed by atoms with E-state index in [-0.39, 0.29) is 23.5 Å². The van der Waals surface area contributed by atoms with Crippen LogP contribution < -0.4 is 5.73 Å². The lowest BCUT2D eigenvalue weighted by atomic mass is 9.88. The van der Waals surface area contributed by atoms with Crippen LogP contribution in [0.3, 0.4) is 0 Å². The Morgan fingerprint density at radius 1 is 1.50 bits per heavy atom. The van der Waals surface area contributed by atoms with Crippen molar-refractivity contribution < 1.29 is 9.53 Å². The van der Waals surface area contributed by atoms with Crippen LogP contribution in [0.25, 0.3) is 0 Å². The molecule has 2 atom stereocenters. The highest BCUT2D eigenvalue weighted by molar-refractivity contribution is 5.82. The van der Waals surface area contributed by atoms with Crippen molar-refractivity contribution in [3.05, 3.63) is 0 Å². The van der Waals surface area contributed by atoms with Crippen LogP contribution in [0, 0.1) is 5.41 Å². The van der Waals surface area contributed by atoms with Crippen molar-refractivity contribution in [3.8, 4) is 0 Å². The first-order chi connectivity index (χ1) is 7.40. The van der Waals surface area contributed by atoms with Crippen molar-refractivity contribution >= 4 is 5.91 Å². The maximum Gasteiger partial charge on any atom is 0.228 e. The van der Waals surface area contributed by atoms with Crippen LogP contribution in [0.15, 0.2) is 0 Å². The van der Waals surface area contributed by atoms with Crippen molar-refractivity contribution in [3.63, 3.8) is 0 Å². The number of nitrogens with two attached hydrogens (primary N) is 1. The molecule has 1 aliphatic rings. The zero-order valence-electron chi connectivity index (χ0n) is 10.8. The quantitative estimate of drug-likeness (QED) is 0.784. The summed E-state index contributed by atoms with van der Waals surface area (Å²) < 4.78 is 5.64. The summed E-state index contributed by atoms with van der Waals surface area (Å²) in [4.78, 5) is 14.2. The Morgan fingerprint density at radius 3 is 2.62 bits per heavy atom. The van der Waals surface area contributed by atoms with E-state index in [0.29, 0.717) is 19.6 Å². The molecule has 2 unspecified atom stereocenters. The highest BCUT2D eigenvalue weighted by Gasteiger charge is 2.34. The van der Waals surface area contributed by atoms with Gasteiger partial charge in [0.25, 0.3) is 0 Å². The molecule has 1 amide bonds. The van der Waals surface area contributed by atoms with Crippen molar-refractivity contribution in [2.24, 2.45) is 11.1 Å². The molecule has 0 aromatic carbocycles. The molecule has 0 aromatic rings. The van der Waals surface area contributed by atoms with Crippen LogP contribution in [0.2, 0.25) is 0 Å². The van der Waals surface area contributed by atoms with Gasteiger partial charge in [-0.05, 0) is 13.3 Å². The third kappa shape index (κ3) is 2.95. The van der Waals surface area contributed by atoms with E-state index in [9.17, 15) is 4.79 Å². The minimum Gasteiger partial charge on any atom is -0.370 e. The predicted octanol–water partition coefficient (Wildman–Crippen LogP) is 0.997. The number of morpholine rings is 1.